The van der Waals surface area contributed by atoms with E-state index < -0.39 is 11.8 Å². The molecule has 1 aliphatic heterocycles. The van der Waals surface area contributed by atoms with Gasteiger partial charge in [0.05, 0.1) is 0 Å². The topological polar surface area (TPSA) is 56.5 Å². The number of rotatable bonds is 2. The molecule has 0 spiro atoms. The fraction of sp³-hybridized carbons (Fsp3) is 0. The standard InChI is InChI=1S/C18H10O4/c19-13-10-15(22-18(13)20)17-16(11-6-2-1-3-7-11)12-8-4-5-9-14(12)21-17/h1-10H. The van der Waals surface area contributed by atoms with E-state index >= 15 is 0 Å². The molecular weight excluding hydrogens is 280 g/mol. The van der Waals surface area contributed by atoms with E-state index in [0.29, 0.717) is 11.3 Å². The summed E-state index contributed by atoms with van der Waals surface area (Å²) in [5.41, 5.74) is 2.41. The molecule has 4 heteroatoms. The van der Waals surface area contributed by atoms with E-state index in [2.05, 4.69) is 0 Å². The first kappa shape index (κ1) is 12.6. The van der Waals surface area contributed by atoms with E-state index in [1.165, 1.54) is 6.08 Å². The van der Waals surface area contributed by atoms with Gasteiger partial charge in [0.15, 0.2) is 11.5 Å². The second kappa shape index (κ2) is 4.70. The van der Waals surface area contributed by atoms with Crippen molar-refractivity contribution >= 4 is 28.5 Å². The molecule has 2 aromatic carbocycles. The lowest BCUT2D eigenvalue weighted by Crippen LogP contribution is -2.05. The van der Waals surface area contributed by atoms with Crippen molar-refractivity contribution < 1.29 is 18.7 Å². The van der Waals surface area contributed by atoms with Gasteiger partial charge in [0, 0.05) is 17.0 Å². The van der Waals surface area contributed by atoms with Gasteiger partial charge in [-0.1, -0.05) is 48.5 Å². The van der Waals surface area contributed by atoms with Gasteiger partial charge in [-0.2, -0.15) is 0 Å². The van der Waals surface area contributed by atoms with E-state index in [1.54, 1.807) is 0 Å². The summed E-state index contributed by atoms with van der Waals surface area (Å²) >= 11 is 0. The maximum absolute atomic E-state index is 11.4. The second-order valence-corrected chi connectivity index (χ2v) is 4.93. The summed E-state index contributed by atoms with van der Waals surface area (Å²) in [7, 11) is 0. The highest BCUT2D eigenvalue weighted by Gasteiger charge is 2.30. The molecule has 0 bridgehead atoms. The zero-order valence-electron chi connectivity index (χ0n) is 11.4. The van der Waals surface area contributed by atoms with E-state index in [-0.39, 0.29) is 5.76 Å². The summed E-state index contributed by atoms with van der Waals surface area (Å²) in [4.78, 5) is 22.8. The molecule has 3 aromatic rings. The quantitative estimate of drug-likeness (QED) is 0.535. The summed E-state index contributed by atoms with van der Waals surface area (Å²) in [6.45, 7) is 0. The predicted octanol–water partition coefficient (Wildman–Crippen LogP) is 3.57. The molecule has 0 fully saturated rings. The summed E-state index contributed by atoms with van der Waals surface area (Å²) in [6.07, 6.45) is 1.17. The smallest absolute Gasteiger partial charge is 0.384 e. The third kappa shape index (κ3) is 1.85. The fourth-order valence-corrected chi connectivity index (χ4v) is 2.58. The Labute approximate surface area is 125 Å². The Hall–Kier alpha value is -3.14. The minimum absolute atomic E-state index is 0.157. The van der Waals surface area contributed by atoms with E-state index in [9.17, 15) is 9.59 Å². The molecule has 106 valence electrons. The number of carbonyl (C=O) groups excluding carboxylic acids is 2. The monoisotopic (exact) mass is 290 g/mol. The first-order valence-electron chi connectivity index (χ1n) is 6.79. The highest BCUT2D eigenvalue weighted by Crippen LogP contribution is 2.39. The first-order valence-corrected chi connectivity index (χ1v) is 6.79. The molecule has 1 aromatic heterocycles. The van der Waals surface area contributed by atoms with Crippen LogP contribution < -0.4 is 0 Å². The number of fused-ring (bicyclic) bond motifs is 1. The molecule has 2 heterocycles. The number of esters is 1. The lowest BCUT2D eigenvalue weighted by atomic mass is 10.0. The number of carbonyl (C=O) groups is 2. The van der Waals surface area contributed by atoms with Crippen LogP contribution in [0.25, 0.3) is 27.9 Å². The van der Waals surface area contributed by atoms with Gasteiger partial charge in [-0.25, -0.2) is 4.79 Å². The van der Waals surface area contributed by atoms with Gasteiger partial charge in [0.1, 0.15) is 5.58 Å². The van der Waals surface area contributed by atoms with Crippen LogP contribution in [0.2, 0.25) is 0 Å². The minimum atomic E-state index is -0.880. The largest absolute Gasteiger partial charge is 0.452 e. The van der Waals surface area contributed by atoms with Gasteiger partial charge in [0.25, 0.3) is 5.78 Å². The third-order valence-corrected chi connectivity index (χ3v) is 3.55. The number of ether oxygens (including phenoxy) is 1. The molecule has 22 heavy (non-hydrogen) atoms. The van der Waals surface area contributed by atoms with Crippen LogP contribution in [-0.4, -0.2) is 11.8 Å². The average molecular weight is 290 g/mol. The van der Waals surface area contributed by atoms with Crippen molar-refractivity contribution in [1.82, 2.24) is 0 Å². The normalized spacial score (nSPS) is 14.3. The maximum atomic E-state index is 11.4. The Morgan fingerprint density at radius 2 is 1.55 bits per heavy atom. The molecule has 0 saturated carbocycles. The van der Waals surface area contributed by atoms with Gasteiger partial charge in [-0.3, -0.25) is 4.79 Å². The number of furan rings is 1. The minimum Gasteiger partial charge on any atom is -0.452 e. The van der Waals surface area contributed by atoms with Crippen LogP contribution >= 0.6 is 0 Å². The van der Waals surface area contributed by atoms with Crippen molar-refractivity contribution in [3.05, 3.63) is 66.4 Å². The molecule has 0 amide bonds. The number of hydrogen-bond acceptors (Lipinski definition) is 4. The van der Waals surface area contributed by atoms with Crippen LogP contribution in [0.4, 0.5) is 0 Å². The Kier molecular flexibility index (Phi) is 2.69. The molecular formula is C18H10O4. The number of benzene rings is 2. The molecule has 0 aliphatic carbocycles. The van der Waals surface area contributed by atoms with Crippen LogP contribution in [0.3, 0.4) is 0 Å². The molecule has 4 rings (SSSR count). The second-order valence-electron chi connectivity index (χ2n) is 4.93. The van der Waals surface area contributed by atoms with Crippen LogP contribution in [0, 0.1) is 0 Å². The SMILES string of the molecule is O=C1C=C(c2oc3ccccc3c2-c2ccccc2)OC1=O. The lowest BCUT2D eigenvalue weighted by molar-refractivity contribution is -0.144. The van der Waals surface area contributed by atoms with Crippen LogP contribution in [-0.2, 0) is 14.3 Å². The van der Waals surface area contributed by atoms with E-state index in [4.69, 9.17) is 9.15 Å². The first-order chi connectivity index (χ1) is 10.7. The summed E-state index contributed by atoms with van der Waals surface area (Å²) in [5.74, 6) is -0.999. The van der Waals surface area contributed by atoms with Crippen molar-refractivity contribution in [3.8, 4) is 11.1 Å². The van der Waals surface area contributed by atoms with Gasteiger partial charge in [0.2, 0.25) is 0 Å². The van der Waals surface area contributed by atoms with Crippen molar-refractivity contribution in [1.29, 1.82) is 0 Å². The highest BCUT2D eigenvalue weighted by atomic mass is 16.6. The molecule has 0 N–H and O–H groups in total. The summed E-state index contributed by atoms with van der Waals surface area (Å²) in [5, 5.41) is 0.903. The van der Waals surface area contributed by atoms with Crippen LogP contribution in [0.1, 0.15) is 5.76 Å². The third-order valence-electron chi connectivity index (χ3n) is 3.55. The van der Waals surface area contributed by atoms with E-state index in [1.807, 2.05) is 54.6 Å². The molecule has 0 unspecified atom stereocenters. The maximum Gasteiger partial charge on any atom is 0.384 e. The number of hydrogen-bond donors (Lipinski definition) is 0. The summed E-state index contributed by atoms with van der Waals surface area (Å²) < 4.78 is 10.9. The van der Waals surface area contributed by atoms with Gasteiger partial charge in [-0.05, 0) is 11.6 Å². The zero-order valence-corrected chi connectivity index (χ0v) is 11.4. The Balaban J connectivity index is 2.01. The van der Waals surface area contributed by atoms with Crippen molar-refractivity contribution in [2.75, 3.05) is 0 Å². The van der Waals surface area contributed by atoms with Gasteiger partial charge in [-0.15, -0.1) is 0 Å². The van der Waals surface area contributed by atoms with Crippen LogP contribution in [0.5, 0.6) is 0 Å². The van der Waals surface area contributed by atoms with Crippen molar-refractivity contribution in [2.45, 2.75) is 0 Å². The molecule has 1 aliphatic rings. The predicted molar refractivity (Wildman–Crippen MR) is 80.7 cm³/mol. The van der Waals surface area contributed by atoms with Crippen molar-refractivity contribution in [2.24, 2.45) is 0 Å². The Morgan fingerprint density at radius 3 is 2.27 bits per heavy atom. The molecule has 4 nitrogen and oxygen atoms in total. The average Bonchev–Trinajstić information content (AvgIpc) is 3.09. The fourth-order valence-electron chi connectivity index (χ4n) is 2.58. The highest BCUT2D eigenvalue weighted by molar-refractivity contribution is 6.43. The number of cyclic esters (lactones) is 1. The van der Waals surface area contributed by atoms with Gasteiger partial charge < -0.3 is 9.15 Å². The molecule has 0 saturated heterocycles. The summed E-state index contributed by atoms with van der Waals surface area (Å²) in [6, 6.07) is 17.2. The Morgan fingerprint density at radius 1 is 0.818 bits per heavy atom. The van der Waals surface area contributed by atoms with E-state index in [0.717, 1.165) is 16.5 Å². The number of para-hydroxylation sites is 1. The zero-order chi connectivity index (χ0) is 15.1. The molecule has 0 atom stereocenters. The Bertz CT molecular complexity index is 932. The molecule has 0 radical (unpaired) electrons. The number of ketones is 1. The van der Waals surface area contributed by atoms with Gasteiger partial charge >= 0.3 is 5.97 Å². The van der Waals surface area contributed by atoms with Crippen molar-refractivity contribution in [3.63, 3.8) is 0 Å². The lowest BCUT2D eigenvalue weighted by Gasteiger charge is -2.03. The van der Waals surface area contributed by atoms with Crippen LogP contribution in [0.15, 0.2) is 65.1 Å².